The lowest BCUT2D eigenvalue weighted by Gasteiger charge is -2.14. The van der Waals surface area contributed by atoms with Crippen LogP contribution in [0, 0.1) is 3.57 Å². The van der Waals surface area contributed by atoms with Crippen LogP contribution in [0.15, 0.2) is 60.3 Å². The minimum Gasteiger partial charge on any atom is -0.497 e. The maximum Gasteiger partial charge on any atom is 0.251 e. The summed E-state index contributed by atoms with van der Waals surface area (Å²) in [5.74, 6) is 1.37. The molecule has 0 aliphatic rings. The molecule has 1 aromatic heterocycles. The zero-order valence-electron chi connectivity index (χ0n) is 19.9. The molecular formula is C25H28IN5O3S. The number of hydrogen-bond acceptors (Lipinski definition) is 6. The Bertz CT molecular complexity index is 1190. The second kappa shape index (κ2) is 12.7. The average molecular weight is 606 g/mol. The molecule has 0 radical (unpaired) electrons. The number of methoxy groups -OCH3 is 1. The molecule has 2 aromatic carbocycles. The number of benzene rings is 2. The van der Waals surface area contributed by atoms with Crippen molar-refractivity contribution in [3.63, 3.8) is 0 Å². The van der Waals surface area contributed by atoms with Crippen LogP contribution < -0.4 is 15.4 Å². The zero-order valence-corrected chi connectivity index (χ0v) is 22.9. The molecule has 0 atom stereocenters. The van der Waals surface area contributed by atoms with Gasteiger partial charge in [0.1, 0.15) is 5.75 Å². The third kappa shape index (κ3) is 7.31. The number of amides is 2. The Kier molecular flexibility index (Phi) is 9.73. The van der Waals surface area contributed by atoms with Gasteiger partial charge in [-0.25, -0.2) is 0 Å². The van der Waals surface area contributed by atoms with Gasteiger partial charge < -0.3 is 19.9 Å². The number of rotatable bonds is 11. The summed E-state index contributed by atoms with van der Waals surface area (Å²) in [6.07, 6.45) is 1.72. The van der Waals surface area contributed by atoms with Crippen LogP contribution in [0.5, 0.6) is 5.75 Å². The predicted molar refractivity (Wildman–Crippen MR) is 147 cm³/mol. The topological polar surface area (TPSA) is 98.1 Å². The van der Waals surface area contributed by atoms with E-state index in [1.165, 1.54) is 11.8 Å². The van der Waals surface area contributed by atoms with E-state index < -0.39 is 0 Å². The van der Waals surface area contributed by atoms with Crippen molar-refractivity contribution in [2.45, 2.75) is 38.0 Å². The van der Waals surface area contributed by atoms with E-state index in [0.29, 0.717) is 34.8 Å². The lowest BCUT2D eigenvalue weighted by molar-refractivity contribution is -0.113. The maximum atomic E-state index is 12.7. The van der Waals surface area contributed by atoms with Crippen molar-refractivity contribution in [3.8, 4) is 5.75 Å². The molecule has 184 valence electrons. The Balaban J connectivity index is 1.62. The highest BCUT2D eigenvalue weighted by Gasteiger charge is 2.16. The van der Waals surface area contributed by atoms with Crippen molar-refractivity contribution >= 4 is 51.9 Å². The van der Waals surface area contributed by atoms with Crippen LogP contribution >= 0.6 is 34.4 Å². The first kappa shape index (κ1) is 26.7. The Labute approximate surface area is 223 Å². The van der Waals surface area contributed by atoms with E-state index in [1.54, 1.807) is 37.5 Å². The molecule has 1 heterocycles. The molecule has 0 bridgehead atoms. The molecule has 0 aliphatic heterocycles. The van der Waals surface area contributed by atoms with Gasteiger partial charge in [-0.3, -0.25) is 9.59 Å². The minimum atomic E-state index is -0.229. The van der Waals surface area contributed by atoms with Crippen molar-refractivity contribution in [2.75, 3.05) is 18.2 Å². The maximum absolute atomic E-state index is 12.7. The summed E-state index contributed by atoms with van der Waals surface area (Å²) in [6, 6.07) is 12.8. The number of carbonyl (C=O) groups excluding carboxylic acids is 2. The molecule has 0 saturated carbocycles. The molecular weight excluding hydrogens is 577 g/mol. The monoisotopic (exact) mass is 605 g/mol. The summed E-state index contributed by atoms with van der Waals surface area (Å²) < 4.78 is 8.09. The summed E-state index contributed by atoms with van der Waals surface area (Å²) in [7, 11) is 1.58. The SMILES string of the molecule is C=CCn1c(CNC(=O)c2ccc(OC)cc2)nnc1SCC(=O)Nc1ccc(I)cc1C(C)C. The molecule has 0 saturated heterocycles. The number of nitrogens with zero attached hydrogens (tertiary/aromatic N) is 3. The number of halogens is 1. The van der Waals surface area contributed by atoms with Gasteiger partial charge in [0, 0.05) is 21.4 Å². The highest BCUT2D eigenvalue weighted by Crippen LogP contribution is 2.27. The second-order valence-corrected chi connectivity index (χ2v) is 10.1. The predicted octanol–water partition coefficient (Wildman–Crippen LogP) is 4.86. The number of thioether (sulfide) groups is 1. The quantitative estimate of drug-likeness (QED) is 0.184. The van der Waals surface area contributed by atoms with Gasteiger partial charge in [-0.05, 0) is 76.5 Å². The molecule has 10 heteroatoms. The number of nitrogens with one attached hydrogen (secondary N) is 2. The van der Waals surface area contributed by atoms with E-state index >= 15 is 0 Å². The normalized spacial score (nSPS) is 10.8. The van der Waals surface area contributed by atoms with Gasteiger partial charge in [0.2, 0.25) is 5.91 Å². The van der Waals surface area contributed by atoms with Crippen LogP contribution in [-0.4, -0.2) is 39.4 Å². The molecule has 0 spiro atoms. The van der Waals surface area contributed by atoms with Gasteiger partial charge in [-0.2, -0.15) is 0 Å². The molecule has 2 N–H and O–H groups in total. The largest absolute Gasteiger partial charge is 0.497 e. The Morgan fingerprint density at radius 3 is 2.60 bits per heavy atom. The van der Waals surface area contributed by atoms with Crippen LogP contribution in [0.3, 0.4) is 0 Å². The van der Waals surface area contributed by atoms with Gasteiger partial charge in [0.25, 0.3) is 5.91 Å². The van der Waals surface area contributed by atoms with Crippen LogP contribution in [0.1, 0.15) is 41.5 Å². The van der Waals surface area contributed by atoms with E-state index in [1.807, 2.05) is 16.7 Å². The van der Waals surface area contributed by atoms with Crippen molar-refractivity contribution in [1.29, 1.82) is 0 Å². The van der Waals surface area contributed by atoms with Crippen molar-refractivity contribution in [1.82, 2.24) is 20.1 Å². The average Bonchev–Trinajstić information content (AvgIpc) is 3.23. The van der Waals surface area contributed by atoms with Crippen LogP contribution in [0.25, 0.3) is 0 Å². The van der Waals surface area contributed by atoms with Crippen LogP contribution in [0.2, 0.25) is 0 Å². The minimum absolute atomic E-state index is 0.124. The Morgan fingerprint density at radius 2 is 1.94 bits per heavy atom. The van der Waals surface area contributed by atoms with Crippen LogP contribution in [-0.2, 0) is 17.9 Å². The van der Waals surface area contributed by atoms with Gasteiger partial charge in [-0.1, -0.05) is 31.7 Å². The van der Waals surface area contributed by atoms with E-state index in [9.17, 15) is 9.59 Å². The standard InChI is InChI=1S/C25H28IN5O3S/c1-5-12-31-22(14-27-24(33)17-6-9-19(34-4)10-7-17)29-30-25(31)35-15-23(32)28-21-11-8-18(26)13-20(21)16(2)3/h5-11,13,16H,1,12,14-15H2,2-4H3,(H,27,33)(H,28,32). The van der Waals surface area contributed by atoms with Crippen LogP contribution in [0.4, 0.5) is 5.69 Å². The summed E-state index contributed by atoms with van der Waals surface area (Å²) in [4.78, 5) is 25.2. The fraction of sp³-hybridized carbons (Fsp3) is 0.280. The molecule has 0 aliphatic carbocycles. The summed E-state index contributed by atoms with van der Waals surface area (Å²) in [5, 5.41) is 14.9. The first-order valence-corrected chi connectivity index (χ1v) is 13.1. The third-order valence-electron chi connectivity index (χ3n) is 5.11. The highest BCUT2D eigenvalue weighted by atomic mass is 127. The molecule has 3 rings (SSSR count). The van der Waals surface area contributed by atoms with Gasteiger partial charge in [0.15, 0.2) is 11.0 Å². The number of ether oxygens (including phenoxy) is 1. The first-order chi connectivity index (χ1) is 16.8. The first-order valence-electron chi connectivity index (χ1n) is 11.0. The van der Waals surface area contributed by atoms with Gasteiger partial charge in [-0.15, -0.1) is 16.8 Å². The molecule has 0 unspecified atom stereocenters. The fourth-order valence-corrected chi connectivity index (χ4v) is 4.60. The van der Waals surface area contributed by atoms with Crippen molar-refractivity contribution < 1.29 is 14.3 Å². The second-order valence-electron chi connectivity index (χ2n) is 7.93. The number of allylic oxidation sites excluding steroid dienone is 1. The molecule has 8 nitrogen and oxygen atoms in total. The Hall–Kier alpha value is -2.86. The van der Waals surface area contributed by atoms with Crippen molar-refractivity contribution in [2.24, 2.45) is 0 Å². The van der Waals surface area contributed by atoms with E-state index in [0.717, 1.165) is 14.8 Å². The molecule has 0 fully saturated rings. The summed E-state index contributed by atoms with van der Waals surface area (Å²) in [6.45, 7) is 8.65. The molecule has 3 aromatic rings. The highest BCUT2D eigenvalue weighted by molar-refractivity contribution is 14.1. The smallest absolute Gasteiger partial charge is 0.251 e. The Morgan fingerprint density at radius 1 is 1.20 bits per heavy atom. The van der Waals surface area contributed by atoms with Gasteiger partial charge >= 0.3 is 0 Å². The summed E-state index contributed by atoms with van der Waals surface area (Å²) in [5.41, 5.74) is 2.43. The number of hydrogen-bond donors (Lipinski definition) is 2. The third-order valence-corrected chi connectivity index (χ3v) is 6.74. The zero-order chi connectivity index (χ0) is 25.4. The number of carbonyl (C=O) groups is 2. The number of aromatic nitrogens is 3. The molecule has 2 amide bonds. The lowest BCUT2D eigenvalue weighted by atomic mass is 10.0. The van der Waals surface area contributed by atoms with Gasteiger partial charge in [0.05, 0.1) is 19.4 Å². The van der Waals surface area contributed by atoms with E-state index in [4.69, 9.17) is 4.74 Å². The molecule has 35 heavy (non-hydrogen) atoms. The van der Waals surface area contributed by atoms with E-state index in [-0.39, 0.29) is 24.1 Å². The fourth-order valence-electron chi connectivity index (χ4n) is 3.31. The summed E-state index contributed by atoms with van der Waals surface area (Å²) >= 11 is 3.56. The van der Waals surface area contributed by atoms with Crippen molar-refractivity contribution in [3.05, 3.63) is 75.6 Å². The lowest BCUT2D eigenvalue weighted by Crippen LogP contribution is -2.24. The van der Waals surface area contributed by atoms with E-state index in [2.05, 4.69) is 69.9 Å². The number of anilines is 1.